The number of fused-ring (bicyclic) bond motifs is 1. The van der Waals surface area contributed by atoms with Crippen molar-refractivity contribution < 1.29 is 4.79 Å². The monoisotopic (exact) mass is 309 g/mol. The highest BCUT2D eigenvalue weighted by atomic mass is 16.2. The van der Waals surface area contributed by atoms with E-state index in [2.05, 4.69) is 34.1 Å². The Morgan fingerprint density at radius 1 is 1.13 bits per heavy atom. The Morgan fingerprint density at radius 2 is 1.91 bits per heavy atom. The van der Waals surface area contributed by atoms with Gasteiger partial charge in [-0.05, 0) is 50.5 Å². The summed E-state index contributed by atoms with van der Waals surface area (Å²) in [5.41, 5.74) is 3.08. The molecule has 0 unspecified atom stereocenters. The van der Waals surface area contributed by atoms with Gasteiger partial charge >= 0.3 is 0 Å². The first kappa shape index (κ1) is 15.5. The highest BCUT2D eigenvalue weighted by molar-refractivity contribution is 5.92. The summed E-state index contributed by atoms with van der Waals surface area (Å²) in [6, 6.07) is 14.2. The van der Waals surface area contributed by atoms with E-state index < -0.39 is 0 Å². The number of hydrogen-bond donors (Lipinski definition) is 0. The molecule has 3 rings (SSSR count). The topological polar surface area (TPSA) is 36.4 Å². The summed E-state index contributed by atoms with van der Waals surface area (Å²) < 4.78 is 0. The average molecular weight is 309 g/mol. The number of carbonyl (C=O) groups is 1. The van der Waals surface area contributed by atoms with Crippen LogP contribution in [0.25, 0.3) is 0 Å². The summed E-state index contributed by atoms with van der Waals surface area (Å²) in [5.74, 6) is 0.859. The van der Waals surface area contributed by atoms with Gasteiger partial charge in [-0.25, -0.2) is 4.98 Å². The molecule has 1 aliphatic heterocycles. The lowest BCUT2D eigenvalue weighted by Gasteiger charge is -2.30. The SMILES string of the molecule is CCN(CC)C(=O)c1cccc(N2CCCc3ccccc32)n1. The number of para-hydroxylation sites is 1. The van der Waals surface area contributed by atoms with Crippen LogP contribution in [0.2, 0.25) is 0 Å². The number of anilines is 2. The third kappa shape index (κ3) is 3.07. The van der Waals surface area contributed by atoms with Gasteiger partial charge < -0.3 is 9.80 Å². The summed E-state index contributed by atoms with van der Waals surface area (Å²) in [4.78, 5) is 21.2. The van der Waals surface area contributed by atoms with Crippen molar-refractivity contribution in [2.45, 2.75) is 26.7 Å². The Balaban J connectivity index is 1.94. The zero-order valence-electron chi connectivity index (χ0n) is 13.8. The number of pyridine rings is 1. The third-order valence-corrected chi connectivity index (χ3v) is 4.39. The molecule has 2 aromatic rings. The summed E-state index contributed by atoms with van der Waals surface area (Å²) in [5, 5.41) is 0. The van der Waals surface area contributed by atoms with Crippen molar-refractivity contribution in [1.82, 2.24) is 9.88 Å². The molecule has 1 aliphatic rings. The summed E-state index contributed by atoms with van der Waals surface area (Å²) in [7, 11) is 0. The Kier molecular flexibility index (Phi) is 4.60. The van der Waals surface area contributed by atoms with E-state index in [-0.39, 0.29) is 5.91 Å². The highest BCUT2D eigenvalue weighted by Crippen LogP contribution is 2.32. The van der Waals surface area contributed by atoms with E-state index in [9.17, 15) is 4.79 Å². The second-order valence-electron chi connectivity index (χ2n) is 5.74. The summed E-state index contributed by atoms with van der Waals surface area (Å²) in [6.45, 7) is 6.33. The second kappa shape index (κ2) is 6.82. The van der Waals surface area contributed by atoms with Crippen LogP contribution < -0.4 is 4.90 Å². The lowest BCUT2D eigenvalue weighted by atomic mass is 10.0. The minimum Gasteiger partial charge on any atom is -0.338 e. The number of amides is 1. The minimum absolute atomic E-state index is 0.00199. The maximum Gasteiger partial charge on any atom is 0.272 e. The molecule has 0 saturated heterocycles. The molecule has 0 spiro atoms. The van der Waals surface area contributed by atoms with E-state index in [1.807, 2.05) is 26.0 Å². The fourth-order valence-electron chi connectivity index (χ4n) is 3.14. The summed E-state index contributed by atoms with van der Waals surface area (Å²) in [6.07, 6.45) is 2.21. The lowest BCUT2D eigenvalue weighted by molar-refractivity contribution is 0.0767. The van der Waals surface area contributed by atoms with Crippen molar-refractivity contribution in [1.29, 1.82) is 0 Å². The molecule has 0 saturated carbocycles. The van der Waals surface area contributed by atoms with Crippen molar-refractivity contribution >= 4 is 17.4 Å². The van der Waals surface area contributed by atoms with Crippen molar-refractivity contribution in [2.75, 3.05) is 24.5 Å². The summed E-state index contributed by atoms with van der Waals surface area (Å²) >= 11 is 0. The molecular formula is C19H23N3O. The molecule has 0 aliphatic carbocycles. The van der Waals surface area contributed by atoms with Crippen LogP contribution in [0.4, 0.5) is 11.5 Å². The molecule has 1 aromatic heterocycles. The largest absolute Gasteiger partial charge is 0.338 e. The predicted molar refractivity (Wildman–Crippen MR) is 93.3 cm³/mol. The van der Waals surface area contributed by atoms with E-state index in [4.69, 9.17) is 0 Å². The van der Waals surface area contributed by atoms with Crippen LogP contribution in [0.1, 0.15) is 36.3 Å². The maximum absolute atomic E-state index is 12.5. The van der Waals surface area contributed by atoms with Crippen LogP contribution >= 0.6 is 0 Å². The molecule has 0 atom stereocenters. The van der Waals surface area contributed by atoms with Gasteiger partial charge in [0.25, 0.3) is 5.91 Å². The average Bonchev–Trinajstić information content (AvgIpc) is 2.62. The molecule has 1 amide bonds. The van der Waals surface area contributed by atoms with Crippen molar-refractivity contribution in [3.63, 3.8) is 0 Å². The number of nitrogens with zero attached hydrogens (tertiary/aromatic N) is 3. The van der Waals surface area contributed by atoms with E-state index in [0.29, 0.717) is 18.8 Å². The van der Waals surface area contributed by atoms with Gasteiger partial charge in [-0.1, -0.05) is 24.3 Å². The predicted octanol–water partition coefficient (Wildman–Crippen LogP) is 3.65. The van der Waals surface area contributed by atoms with Gasteiger partial charge in [0.05, 0.1) is 0 Å². The van der Waals surface area contributed by atoms with E-state index >= 15 is 0 Å². The smallest absolute Gasteiger partial charge is 0.272 e. The Morgan fingerprint density at radius 3 is 2.70 bits per heavy atom. The molecule has 0 N–H and O–H groups in total. The van der Waals surface area contributed by atoms with Gasteiger partial charge in [-0.2, -0.15) is 0 Å². The molecule has 120 valence electrons. The standard InChI is InChI=1S/C19H23N3O/c1-3-21(4-2)19(23)16-11-7-13-18(20-16)22-14-8-10-15-9-5-6-12-17(15)22/h5-7,9,11-13H,3-4,8,10,14H2,1-2H3. The van der Waals surface area contributed by atoms with Crippen LogP contribution in [0, 0.1) is 0 Å². The van der Waals surface area contributed by atoms with E-state index in [1.165, 1.54) is 11.3 Å². The quantitative estimate of drug-likeness (QED) is 0.865. The fraction of sp³-hybridized carbons (Fsp3) is 0.368. The van der Waals surface area contributed by atoms with Crippen LogP contribution in [-0.4, -0.2) is 35.4 Å². The molecule has 0 radical (unpaired) electrons. The number of aryl methyl sites for hydroxylation is 1. The van der Waals surface area contributed by atoms with Gasteiger partial charge in [0.1, 0.15) is 11.5 Å². The molecule has 0 fully saturated rings. The van der Waals surface area contributed by atoms with Crippen molar-refractivity contribution in [3.8, 4) is 0 Å². The Labute approximate surface area is 137 Å². The molecular weight excluding hydrogens is 286 g/mol. The number of carbonyl (C=O) groups excluding carboxylic acids is 1. The molecule has 23 heavy (non-hydrogen) atoms. The van der Waals surface area contributed by atoms with E-state index in [1.54, 1.807) is 11.0 Å². The van der Waals surface area contributed by atoms with Gasteiger partial charge in [0.2, 0.25) is 0 Å². The van der Waals surface area contributed by atoms with Gasteiger partial charge in [0.15, 0.2) is 0 Å². The second-order valence-corrected chi connectivity index (χ2v) is 5.74. The molecule has 4 heteroatoms. The third-order valence-electron chi connectivity index (χ3n) is 4.39. The molecule has 4 nitrogen and oxygen atoms in total. The fourth-order valence-corrected chi connectivity index (χ4v) is 3.14. The molecule has 0 bridgehead atoms. The molecule has 1 aromatic carbocycles. The first-order chi connectivity index (χ1) is 11.2. The molecule has 2 heterocycles. The Bertz CT molecular complexity index is 695. The van der Waals surface area contributed by atoms with Crippen LogP contribution in [0.15, 0.2) is 42.5 Å². The van der Waals surface area contributed by atoms with Gasteiger partial charge in [-0.15, -0.1) is 0 Å². The van der Waals surface area contributed by atoms with Gasteiger partial charge in [-0.3, -0.25) is 4.79 Å². The van der Waals surface area contributed by atoms with Crippen LogP contribution in [0.5, 0.6) is 0 Å². The number of aromatic nitrogens is 1. The number of hydrogen-bond acceptors (Lipinski definition) is 3. The zero-order valence-corrected chi connectivity index (χ0v) is 13.8. The number of benzene rings is 1. The minimum atomic E-state index is 0.00199. The van der Waals surface area contributed by atoms with Gasteiger partial charge in [0, 0.05) is 25.3 Å². The highest BCUT2D eigenvalue weighted by Gasteiger charge is 2.20. The van der Waals surface area contributed by atoms with Crippen LogP contribution in [-0.2, 0) is 6.42 Å². The lowest BCUT2D eigenvalue weighted by Crippen LogP contribution is -2.32. The van der Waals surface area contributed by atoms with Crippen LogP contribution in [0.3, 0.4) is 0 Å². The maximum atomic E-state index is 12.5. The first-order valence-electron chi connectivity index (χ1n) is 8.36. The van der Waals surface area contributed by atoms with Crippen molar-refractivity contribution in [3.05, 3.63) is 53.7 Å². The normalized spacial score (nSPS) is 13.6. The Hall–Kier alpha value is -2.36. The van der Waals surface area contributed by atoms with Crippen molar-refractivity contribution in [2.24, 2.45) is 0 Å². The zero-order chi connectivity index (χ0) is 16.2. The first-order valence-corrected chi connectivity index (χ1v) is 8.36. The van der Waals surface area contributed by atoms with E-state index in [0.717, 1.165) is 25.2 Å². The number of rotatable bonds is 4.